The van der Waals surface area contributed by atoms with Crippen molar-refractivity contribution in [2.45, 2.75) is 24.5 Å². The fraction of sp³-hybridized carbons (Fsp3) is 0.556. The summed E-state index contributed by atoms with van der Waals surface area (Å²) < 4.78 is 51.7. The maximum atomic E-state index is 11.9. The molecule has 1 saturated heterocycles. The van der Waals surface area contributed by atoms with Crippen LogP contribution in [0, 0.1) is 0 Å². The maximum absolute atomic E-state index is 11.9. The van der Waals surface area contributed by atoms with Gasteiger partial charge in [0, 0.05) is 6.20 Å². The summed E-state index contributed by atoms with van der Waals surface area (Å²) in [4.78, 5) is 41.3. The van der Waals surface area contributed by atoms with E-state index >= 15 is 0 Å². The van der Waals surface area contributed by atoms with E-state index in [2.05, 4.69) is 18.1 Å². The SMILES string of the molecule is [B-]P(=O)(OC[C@H]1O[C@@H](n2ccc(N)nc2=O)[C@H](O)[C@@H]1O)OP(=O)(O)OP(=O)(O)O.[NH4+]. The van der Waals surface area contributed by atoms with Crippen molar-refractivity contribution in [3.63, 3.8) is 0 Å². The summed E-state index contributed by atoms with van der Waals surface area (Å²) in [7, 11) is -11.0. The normalized spacial score (nSPS) is 28.3. The number of rotatable bonds is 8. The average molecular weight is 495 g/mol. The molecule has 17 nitrogen and oxygen atoms in total. The molecule has 3 radical (unpaired) electrons. The second-order valence-corrected chi connectivity index (χ2v) is 10.1. The van der Waals surface area contributed by atoms with Gasteiger partial charge in [0.25, 0.3) is 0 Å². The Balaban J connectivity index is 0.00000450. The van der Waals surface area contributed by atoms with Gasteiger partial charge < -0.3 is 58.2 Å². The molecule has 0 aromatic carbocycles. The lowest BCUT2D eigenvalue weighted by molar-refractivity contribution is -0.0519. The first-order chi connectivity index (χ1) is 13.1. The molecule has 1 aromatic rings. The molecule has 1 aliphatic rings. The average Bonchev–Trinajstić information content (AvgIpc) is 2.78. The number of anilines is 1. The van der Waals surface area contributed by atoms with Crippen LogP contribution in [0.5, 0.6) is 0 Å². The molecule has 0 aliphatic carbocycles. The molecule has 6 atom stereocenters. The molecule has 2 rings (SSSR count). The molecule has 11 N–H and O–H groups in total. The molecule has 171 valence electrons. The molecule has 1 fully saturated rings. The lowest BCUT2D eigenvalue weighted by Crippen LogP contribution is -2.36. The number of nitrogens with zero attached hydrogens (tertiary/aromatic N) is 2. The highest BCUT2D eigenvalue weighted by Gasteiger charge is 2.44. The van der Waals surface area contributed by atoms with Gasteiger partial charge in [-0.05, 0) is 6.07 Å². The van der Waals surface area contributed by atoms with Gasteiger partial charge in [-0.1, -0.05) is 0 Å². The summed E-state index contributed by atoms with van der Waals surface area (Å²) in [5, 5.41) is 20.0. The minimum Gasteiger partial charge on any atom is -0.443 e. The van der Waals surface area contributed by atoms with Gasteiger partial charge in [-0.15, -0.1) is 0 Å². The van der Waals surface area contributed by atoms with E-state index in [4.69, 9.17) is 32.7 Å². The molecule has 30 heavy (non-hydrogen) atoms. The zero-order valence-electron chi connectivity index (χ0n) is 15.1. The number of hydrogen-bond acceptors (Lipinski definition) is 12. The second kappa shape index (κ2) is 9.67. The van der Waals surface area contributed by atoms with Gasteiger partial charge in [-0.2, -0.15) is 9.29 Å². The number of nitrogen functional groups attached to an aromatic ring is 1. The van der Waals surface area contributed by atoms with Crippen molar-refractivity contribution in [3.8, 4) is 0 Å². The van der Waals surface area contributed by atoms with Crippen LogP contribution < -0.4 is 17.6 Å². The van der Waals surface area contributed by atoms with Crippen molar-refractivity contribution in [2.24, 2.45) is 0 Å². The molecule has 0 amide bonds. The van der Waals surface area contributed by atoms with Crippen LogP contribution in [-0.2, 0) is 31.6 Å². The van der Waals surface area contributed by atoms with Crippen molar-refractivity contribution in [1.82, 2.24) is 15.7 Å². The summed E-state index contributed by atoms with van der Waals surface area (Å²) in [6, 6.07) is 1.22. The molecule has 21 heteroatoms. The first-order valence-corrected chi connectivity index (χ1v) is 11.9. The van der Waals surface area contributed by atoms with Crippen LogP contribution in [0.1, 0.15) is 6.23 Å². The molecular formula is C9H19BN4O13P3. The Hall–Kier alpha value is -0.965. The van der Waals surface area contributed by atoms with Crippen molar-refractivity contribution < 1.29 is 56.5 Å². The molecule has 0 saturated carbocycles. The van der Waals surface area contributed by atoms with Gasteiger partial charge in [0.2, 0.25) is 0 Å². The smallest absolute Gasteiger partial charge is 0.443 e. The molecule has 2 heterocycles. The molecule has 0 spiro atoms. The monoisotopic (exact) mass is 495 g/mol. The third kappa shape index (κ3) is 7.32. The predicted molar refractivity (Wildman–Crippen MR) is 98.2 cm³/mol. The van der Waals surface area contributed by atoms with Gasteiger partial charge >= 0.3 is 21.3 Å². The zero-order chi connectivity index (χ0) is 22.2. The van der Waals surface area contributed by atoms with E-state index in [1.807, 2.05) is 0 Å². The minimum absolute atomic E-state index is 0. The first kappa shape index (κ1) is 27.1. The topological polar surface area (TPSA) is 287 Å². The third-order valence-corrected chi connectivity index (χ3v) is 7.23. The summed E-state index contributed by atoms with van der Waals surface area (Å²) in [6.45, 7) is -0.893. The number of quaternary nitrogens is 1. The fourth-order valence-electron chi connectivity index (χ4n) is 2.21. The van der Waals surface area contributed by atoms with E-state index in [1.54, 1.807) is 0 Å². The van der Waals surface area contributed by atoms with Crippen LogP contribution in [0.3, 0.4) is 0 Å². The van der Waals surface area contributed by atoms with E-state index in [-0.39, 0.29) is 12.0 Å². The van der Waals surface area contributed by atoms with Crippen molar-refractivity contribution in [3.05, 3.63) is 22.7 Å². The number of aromatic nitrogens is 2. The Morgan fingerprint density at radius 2 is 1.80 bits per heavy atom. The molecule has 1 aromatic heterocycles. The number of ether oxygens (including phenoxy) is 1. The van der Waals surface area contributed by atoms with Crippen LogP contribution in [0.15, 0.2) is 17.1 Å². The largest absolute Gasteiger partial charge is 0.485 e. The van der Waals surface area contributed by atoms with Gasteiger partial charge in [0.05, 0.1) is 14.1 Å². The Morgan fingerprint density at radius 1 is 1.20 bits per heavy atom. The fourth-order valence-corrected chi connectivity index (χ4v) is 5.37. The Kier molecular flexibility index (Phi) is 8.72. The van der Waals surface area contributed by atoms with Gasteiger partial charge in [-0.3, -0.25) is 4.57 Å². The van der Waals surface area contributed by atoms with Crippen molar-refractivity contribution in [1.29, 1.82) is 0 Å². The summed E-state index contributed by atoms with van der Waals surface area (Å²) >= 11 is 0. The van der Waals surface area contributed by atoms with E-state index in [0.717, 1.165) is 10.8 Å². The standard InChI is InChI=1S/C9H15BN3O13P3.H3N/c10-27(17,25-29(21,22)26-28(18,19)20)23-3-4-6(14)7(15)8(24-4)13-2-1-5(11)12-9(13)16;/h1-2,4,6-8,14-15H,3H2,(H,21,22)(H2,11,12,16)(H2,18,19,20);1H3/q-1;/p+1/t4-,6-,7-,8-,27?;/m1./s1. The molecule has 1 aliphatic heterocycles. The highest BCUT2D eigenvalue weighted by atomic mass is 31.3. The van der Waals surface area contributed by atoms with Crippen LogP contribution in [0.25, 0.3) is 0 Å². The number of hydrogen-bond donors (Lipinski definition) is 7. The quantitative estimate of drug-likeness (QED) is 0.157. The number of aliphatic hydroxyl groups is 2. The van der Waals surface area contributed by atoms with E-state index in [1.165, 1.54) is 6.07 Å². The summed E-state index contributed by atoms with van der Waals surface area (Å²) in [6.07, 6.45) is -5.14. The van der Waals surface area contributed by atoms with Gasteiger partial charge in [0.15, 0.2) is 6.23 Å². The Morgan fingerprint density at radius 3 is 2.33 bits per heavy atom. The first-order valence-electron chi connectivity index (χ1n) is 7.31. The van der Waals surface area contributed by atoms with Crippen LogP contribution in [0.2, 0.25) is 0 Å². The van der Waals surface area contributed by atoms with Crippen molar-refractivity contribution in [2.75, 3.05) is 12.3 Å². The van der Waals surface area contributed by atoms with Crippen LogP contribution in [-0.4, -0.2) is 66.9 Å². The predicted octanol–water partition coefficient (Wildman–Crippen LogP) is -1.66. The van der Waals surface area contributed by atoms with Crippen LogP contribution >= 0.6 is 23.1 Å². The number of phosphoric acid groups is 2. The molecule has 0 bridgehead atoms. The molecule has 2 unspecified atom stereocenters. The highest BCUT2D eigenvalue weighted by molar-refractivity contribution is 7.84. The maximum Gasteiger partial charge on any atom is 0.485 e. The second-order valence-electron chi connectivity index (χ2n) is 5.55. The van der Waals surface area contributed by atoms with E-state index < -0.39 is 60.0 Å². The summed E-state index contributed by atoms with van der Waals surface area (Å²) in [5.74, 6) is -0.105. The lowest BCUT2D eigenvalue weighted by Gasteiger charge is -2.29. The number of aliphatic hydroxyl groups excluding tert-OH is 2. The lowest BCUT2D eigenvalue weighted by atomic mass is 10.1. The van der Waals surface area contributed by atoms with Gasteiger partial charge in [0.1, 0.15) is 24.1 Å². The van der Waals surface area contributed by atoms with E-state index in [9.17, 15) is 28.7 Å². The highest BCUT2D eigenvalue weighted by Crippen LogP contribution is 2.66. The Labute approximate surface area is 169 Å². The van der Waals surface area contributed by atoms with E-state index in [0.29, 0.717) is 0 Å². The third-order valence-electron chi connectivity index (χ3n) is 3.31. The van der Waals surface area contributed by atoms with Crippen LogP contribution in [0.4, 0.5) is 5.82 Å². The van der Waals surface area contributed by atoms with Gasteiger partial charge in [-0.25, -0.2) is 18.2 Å². The zero-order valence-corrected chi connectivity index (χ0v) is 17.7. The molecular weight excluding hydrogens is 476 g/mol. The minimum atomic E-state index is -5.59. The Bertz CT molecular complexity index is 954. The summed E-state index contributed by atoms with van der Waals surface area (Å²) in [5.41, 5.74) is 4.43. The number of nitrogens with two attached hydrogens (primary N) is 1. The van der Waals surface area contributed by atoms with Crippen molar-refractivity contribution >= 4 is 36.5 Å².